The lowest BCUT2D eigenvalue weighted by atomic mass is 10.1. The van der Waals surface area contributed by atoms with Gasteiger partial charge in [-0.15, -0.1) is 0 Å². The molecule has 0 saturated carbocycles. The molecule has 0 aromatic rings. The largest absolute Gasteiger partial charge is 0.390 e. The van der Waals surface area contributed by atoms with Crippen LogP contribution in [0.1, 0.15) is 33.1 Å². The maximum atomic E-state index is 11.7. The highest BCUT2D eigenvalue weighted by atomic mass is 19.4. The molecule has 14 heavy (non-hydrogen) atoms. The zero-order valence-corrected chi connectivity index (χ0v) is 8.62. The fourth-order valence-corrected chi connectivity index (χ4v) is 0.933. The predicted octanol–water partition coefficient (Wildman–Crippen LogP) is 2.08. The molecule has 2 nitrogen and oxygen atoms in total. The Balaban J connectivity index is 3.23. The number of hydrogen-bond acceptors (Lipinski definition) is 2. The average molecular weight is 213 g/mol. The number of alkyl halides is 3. The SMILES string of the molecule is CC(C)(O)CCNCCCC(F)(F)F. The molecule has 0 aliphatic carbocycles. The molecular weight excluding hydrogens is 195 g/mol. The monoisotopic (exact) mass is 213 g/mol. The maximum Gasteiger partial charge on any atom is 0.389 e. The molecule has 0 aromatic carbocycles. The van der Waals surface area contributed by atoms with E-state index in [-0.39, 0.29) is 6.42 Å². The number of nitrogens with one attached hydrogen (secondary N) is 1. The van der Waals surface area contributed by atoms with E-state index in [2.05, 4.69) is 5.32 Å². The lowest BCUT2D eigenvalue weighted by Gasteiger charge is -2.17. The van der Waals surface area contributed by atoms with Crippen molar-refractivity contribution in [3.05, 3.63) is 0 Å². The van der Waals surface area contributed by atoms with Gasteiger partial charge in [-0.3, -0.25) is 0 Å². The van der Waals surface area contributed by atoms with Gasteiger partial charge < -0.3 is 10.4 Å². The molecule has 0 rings (SSSR count). The van der Waals surface area contributed by atoms with Crippen LogP contribution in [-0.4, -0.2) is 30.0 Å². The third kappa shape index (κ3) is 11.7. The summed E-state index contributed by atoms with van der Waals surface area (Å²) in [7, 11) is 0. The normalized spacial score (nSPS) is 13.3. The molecule has 0 amide bonds. The van der Waals surface area contributed by atoms with Crippen LogP contribution < -0.4 is 5.32 Å². The quantitative estimate of drug-likeness (QED) is 0.662. The first-order chi connectivity index (χ1) is 6.21. The van der Waals surface area contributed by atoms with E-state index < -0.39 is 18.2 Å². The molecule has 86 valence electrons. The standard InChI is InChI=1S/C9H18F3NO/c1-8(2,14)5-7-13-6-3-4-9(10,11)12/h13-14H,3-7H2,1-2H3. The lowest BCUT2D eigenvalue weighted by Crippen LogP contribution is -2.27. The van der Waals surface area contributed by atoms with Crippen molar-refractivity contribution in [1.29, 1.82) is 0 Å². The van der Waals surface area contributed by atoms with Crippen LogP contribution in [0.4, 0.5) is 13.2 Å². The average Bonchev–Trinajstić information content (AvgIpc) is 1.92. The molecule has 5 heteroatoms. The van der Waals surface area contributed by atoms with Gasteiger partial charge in [0.1, 0.15) is 0 Å². The van der Waals surface area contributed by atoms with Crippen LogP contribution in [0.5, 0.6) is 0 Å². The molecule has 2 N–H and O–H groups in total. The van der Waals surface area contributed by atoms with Gasteiger partial charge in [-0.1, -0.05) is 0 Å². The fourth-order valence-electron chi connectivity index (χ4n) is 0.933. The molecule has 0 atom stereocenters. The molecule has 0 spiro atoms. The predicted molar refractivity (Wildman–Crippen MR) is 49.1 cm³/mol. The summed E-state index contributed by atoms with van der Waals surface area (Å²) in [5.41, 5.74) is -0.753. The van der Waals surface area contributed by atoms with E-state index in [1.807, 2.05) is 0 Å². The van der Waals surface area contributed by atoms with E-state index in [4.69, 9.17) is 0 Å². The summed E-state index contributed by atoms with van der Waals surface area (Å²) in [5.74, 6) is 0. The Kier molecular flexibility index (Phi) is 5.44. The summed E-state index contributed by atoms with van der Waals surface area (Å²) >= 11 is 0. The number of halogens is 3. The third-order valence-electron chi connectivity index (χ3n) is 1.73. The first-order valence-corrected chi connectivity index (χ1v) is 4.70. The molecule has 0 bridgehead atoms. The van der Waals surface area contributed by atoms with E-state index in [0.29, 0.717) is 19.5 Å². The number of hydrogen-bond donors (Lipinski definition) is 2. The molecule has 0 fully saturated rings. The number of rotatable bonds is 6. The van der Waals surface area contributed by atoms with Crippen molar-refractivity contribution in [2.24, 2.45) is 0 Å². The zero-order chi connectivity index (χ0) is 11.2. The van der Waals surface area contributed by atoms with Gasteiger partial charge in [0.05, 0.1) is 5.60 Å². The second kappa shape index (κ2) is 5.56. The Hall–Kier alpha value is -0.290. The van der Waals surface area contributed by atoms with Crippen molar-refractivity contribution in [3.8, 4) is 0 Å². The Morgan fingerprint density at radius 3 is 2.07 bits per heavy atom. The van der Waals surface area contributed by atoms with Gasteiger partial charge >= 0.3 is 6.18 Å². The number of aliphatic hydroxyl groups is 1. The lowest BCUT2D eigenvalue weighted by molar-refractivity contribution is -0.135. The van der Waals surface area contributed by atoms with Crippen LogP contribution in [0.3, 0.4) is 0 Å². The van der Waals surface area contributed by atoms with Crippen LogP contribution in [-0.2, 0) is 0 Å². The summed E-state index contributed by atoms with van der Waals surface area (Å²) < 4.78 is 35.1. The Bertz CT molecular complexity index is 133. The first-order valence-electron chi connectivity index (χ1n) is 4.70. The molecule has 0 aliphatic rings. The van der Waals surface area contributed by atoms with Crippen LogP contribution >= 0.6 is 0 Å². The van der Waals surface area contributed by atoms with E-state index in [9.17, 15) is 18.3 Å². The van der Waals surface area contributed by atoms with Crippen LogP contribution in [0.25, 0.3) is 0 Å². The van der Waals surface area contributed by atoms with E-state index >= 15 is 0 Å². The summed E-state index contributed by atoms with van der Waals surface area (Å²) in [4.78, 5) is 0. The van der Waals surface area contributed by atoms with Crippen molar-refractivity contribution in [3.63, 3.8) is 0 Å². The van der Waals surface area contributed by atoms with Gasteiger partial charge in [0, 0.05) is 6.42 Å². The minimum absolute atomic E-state index is 0.0926. The van der Waals surface area contributed by atoms with E-state index in [1.165, 1.54) is 0 Å². The molecule has 0 aromatic heterocycles. The van der Waals surface area contributed by atoms with Crippen molar-refractivity contribution in [1.82, 2.24) is 5.32 Å². The van der Waals surface area contributed by atoms with Gasteiger partial charge in [0.2, 0.25) is 0 Å². The summed E-state index contributed by atoms with van der Waals surface area (Å²) in [6.45, 7) is 4.23. The zero-order valence-electron chi connectivity index (χ0n) is 8.62. The fraction of sp³-hybridized carbons (Fsp3) is 1.00. The Morgan fingerprint density at radius 1 is 1.07 bits per heavy atom. The second-order valence-corrected chi connectivity index (χ2v) is 4.03. The van der Waals surface area contributed by atoms with E-state index in [0.717, 1.165) is 0 Å². The van der Waals surface area contributed by atoms with Gasteiger partial charge in [0.25, 0.3) is 0 Å². The minimum Gasteiger partial charge on any atom is -0.390 e. The molecule has 0 aliphatic heterocycles. The van der Waals surface area contributed by atoms with Crippen molar-refractivity contribution in [2.75, 3.05) is 13.1 Å². The van der Waals surface area contributed by atoms with E-state index in [1.54, 1.807) is 13.8 Å². The smallest absolute Gasteiger partial charge is 0.389 e. The molecule has 0 heterocycles. The molecule has 0 saturated heterocycles. The maximum absolute atomic E-state index is 11.7. The summed E-state index contributed by atoms with van der Waals surface area (Å²) in [5, 5.41) is 12.1. The van der Waals surface area contributed by atoms with Gasteiger partial charge in [-0.25, -0.2) is 0 Å². The minimum atomic E-state index is -4.06. The van der Waals surface area contributed by atoms with Crippen molar-refractivity contribution in [2.45, 2.75) is 44.9 Å². The Morgan fingerprint density at radius 2 is 1.64 bits per heavy atom. The molecular formula is C9H18F3NO. The van der Waals surface area contributed by atoms with Crippen LogP contribution in [0.2, 0.25) is 0 Å². The van der Waals surface area contributed by atoms with Crippen molar-refractivity contribution < 1.29 is 18.3 Å². The molecule has 0 radical (unpaired) electrons. The van der Waals surface area contributed by atoms with Gasteiger partial charge in [-0.05, 0) is 39.8 Å². The first kappa shape index (κ1) is 13.7. The highest BCUT2D eigenvalue weighted by molar-refractivity contribution is 4.66. The third-order valence-corrected chi connectivity index (χ3v) is 1.73. The van der Waals surface area contributed by atoms with Crippen LogP contribution in [0.15, 0.2) is 0 Å². The van der Waals surface area contributed by atoms with Crippen LogP contribution in [0, 0.1) is 0 Å². The van der Waals surface area contributed by atoms with Gasteiger partial charge in [-0.2, -0.15) is 13.2 Å². The molecule has 0 unspecified atom stereocenters. The topological polar surface area (TPSA) is 32.3 Å². The van der Waals surface area contributed by atoms with Crippen molar-refractivity contribution >= 4 is 0 Å². The Labute approximate surface area is 82.5 Å². The summed E-state index contributed by atoms with van der Waals surface area (Å²) in [6, 6.07) is 0. The highest BCUT2D eigenvalue weighted by Gasteiger charge is 2.25. The highest BCUT2D eigenvalue weighted by Crippen LogP contribution is 2.20. The summed E-state index contributed by atoms with van der Waals surface area (Å²) in [6.07, 6.45) is -4.17. The second-order valence-electron chi connectivity index (χ2n) is 4.03. The van der Waals surface area contributed by atoms with Gasteiger partial charge in [0.15, 0.2) is 0 Å².